The summed E-state index contributed by atoms with van der Waals surface area (Å²) in [7, 11) is 0. The van der Waals surface area contributed by atoms with Crippen LogP contribution in [0.15, 0.2) is 40.6 Å². The Hall–Kier alpha value is -1.77. The number of thioether (sulfide) groups is 1. The minimum absolute atomic E-state index is 0.0530. The van der Waals surface area contributed by atoms with Gasteiger partial charge in [-0.2, -0.15) is 5.26 Å². The largest absolute Gasteiger partial charge is 0.317 e. The van der Waals surface area contributed by atoms with Crippen molar-refractivity contribution in [2.45, 2.75) is 37.5 Å². The lowest BCUT2D eigenvalue weighted by molar-refractivity contribution is -0.115. The van der Waals surface area contributed by atoms with Gasteiger partial charge in [0.1, 0.15) is 11.1 Å². The summed E-state index contributed by atoms with van der Waals surface area (Å²) in [4.78, 5) is 13.1. The van der Waals surface area contributed by atoms with Crippen molar-refractivity contribution >= 4 is 34.0 Å². The van der Waals surface area contributed by atoms with Gasteiger partial charge < -0.3 is 5.32 Å². The smallest absolute Gasteiger partial charge is 0.225 e. The number of hydrogen-bond acceptors (Lipinski definition) is 4. The summed E-state index contributed by atoms with van der Waals surface area (Å²) >= 11 is 3.04. The number of carbonyl (C=O) groups excluding carboxylic acids is 1. The SMILES string of the molecule is CC(C)(C)c1ccc(SCCC(=O)Nc2sccc2C#N)cc1. The number of amides is 1. The highest BCUT2D eigenvalue weighted by atomic mass is 32.2. The zero-order valence-corrected chi connectivity index (χ0v) is 15.2. The maximum Gasteiger partial charge on any atom is 0.225 e. The molecule has 0 saturated heterocycles. The third kappa shape index (κ3) is 5.12. The lowest BCUT2D eigenvalue weighted by Gasteiger charge is -2.19. The van der Waals surface area contributed by atoms with Gasteiger partial charge in [0.05, 0.1) is 5.56 Å². The van der Waals surface area contributed by atoms with Gasteiger partial charge in [-0.3, -0.25) is 4.79 Å². The molecule has 1 aromatic carbocycles. The Labute approximate surface area is 145 Å². The number of nitrogens with one attached hydrogen (secondary N) is 1. The first kappa shape index (κ1) is 17.6. The van der Waals surface area contributed by atoms with Crippen molar-refractivity contribution in [1.29, 1.82) is 5.26 Å². The van der Waals surface area contributed by atoms with E-state index in [0.29, 0.717) is 22.7 Å². The molecule has 0 fully saturated rings. The van der Waals surface area contributed by atoms with Gasteiger partial charge in [0.2, 0.25) is 5.91 Å². The Bertz CT molecular complexity index is 706. The molecular weight excluding hydrogens is 324 g/mol. The molecule has 0 aliphatic heterocycles. The number of carbonyl (C=O) groups is 1. The van der Waals surface area contributed by atoms with Gasteiger partial charge in [-0.1, -0.05) is 32.9 Å². The molecule has 0 aliphatic carbocycles. The van der Waals surface area contributed by atoms with Gasteiger partial charge in [-0.15, -0.1) is 23.1 Å². The minimum Gasteiger partial charge on any atom is -0.317 e. The minimum atomic E-state index is -0.0530. The number of nitrogens with zero attached hydrogens (tertiary/aromatic N) is 1. The number of thiophene rings is 1. The van der Waals surface area contributed by atoms with Crippen LogP contribution in [0.25, 0.3) is 0 Å². The summed E-state index contributed by atoms with van der Waals surface area (Å²) in [5, 5.41) is 14.2. The maximum atomic E-state index is 11.9. The summed E-state index contributed by atoms with van der Waals surface area (Å²) in [6.07, 6.45) is 0.425. The second-order valence-corrected chi connectivity index (χ2v) is 8.28. The van der Waals surface area contributed by atoms with E-state index in [0.717, 1.165) is 0 Å². The van der Waals surface area contributed by atoms with Crippen LogP contribution in [0, 0.1) is 11.3 Å². The number of anilines is 1. The van der Waals surface area contributed by atoms with Crippen molar-refractivity contribution in [3.05, 3.63) is 46.8 Å². The average Bonchev–Trinajstić information content (AvgIpc) is 2.94. The fraction of sp³-hybridized carbons (Fsp3) is 0.333. The van der Waals surface area contributed by atoms with Crippen molar-refractivity contribution in [3.63, 3.8) is 0 Å². The molecule has 1 N–H and O–H groups in total. The van der Waals surface area contributed by atoms with E-state index in [1.807, 2.05) is 0 Å². The Balaban J connectivity index is 1.81. The van der Waals surface area contributed by atoms with Crippen molar-refractivity contribution in [3.8, 4) is 6.07 Å². The molecule has 1 amide bonds. The molecule has 0 unspecified atom stereocenters. The highest BCUT2D eigenvalue weighted by Crippen LogP contribution is 2.26. The van der Waals surface area contributed by atoms with Gasteiger partial charge in [0.25, 0.3) is 0 Å². The average molecular weight is 345 g/mol. The van der Waals surface area contributed by atoms with Gasteiger partial charge >= 0.3 is 0 Å². The lowest BCUT2D eigenvalue weighted by Crippen LogP contribution is -2.12. The van der Waals surface area contributed by atoms with E-state index in [1.54, 1.807) is 23.2 Å². The molecule has 0 aliphatic rings. The Kier molecular flexibility index (Phi) is 5.86. The molecular formula is C18H20N2OS2. The van der Waals surface area contributed by atoms with Crippen LogP contribution >= 0.6 is 23.1 Å². The summed E-state index contributed by atoms with van der Waals surface area (Å²) in [6.45, 7) is 6.58. The Morgan fingerprint density at radius 2 is 1.96 bits per heavy atom. The third-order valence-corrected chi connectivity index (χ3v) is 5.20. The second-order valence-electron chi connectivity index (χ2n) is 6.20. The van der Waals surface area contributed by atoms with Gasteiger partial charge in [0.15, 0.2) is 0 Å². The Morgan fingerprint density at radius 1 is 1.26 bits per heavy atom. The number of nitriles is 1. The van der Waals surface area contributed by atoms with Crippen molar-refractivity contribution in [2.75, 3.05) is 11.1 Å². The highest BCUT2D eigenvalue weighted by molar-refractivity contribution is 7.99. The predicted octanol–water partition coefficient (Wildman–Crippen LogP) is 5.04. The number of hydrogen-bond donors (Lipinski definition) is 1. The molecule has 1 aromatic heterocycles. The van der Waals surface area contributed by atoms with Crippen molar-refractivity contribution in [1.82, 2.24) is 0 Å². The molecule has 0 radical (unpaired) electrons. The van der Waals surface area contributed by atoms with Crippen molar-refractivity contribution in [2.24, 2.45) is 0 Å². The van der Waals surface area contributed by atoms with Crippen LogP contribution in [0.5, 0.6) is 0 Å². The molecule has 23 heavy (non-hydrogen) atoms. The van der Waals surface area contributed by atoms with E-state index in [4.69, 9.17) is 5.26 Å². The van der Waals surface area contributed by atoms with Crippen LogP contribution < -0.4 is 5.32 Å². The topological polar surface area (TPSA) is 52.9 Å². The maximum absolute atomic E-state index is 11.9. The molecule has 120 valence electrons. The van der Waals surface area contributed by atoms with Crippen LogP contribution in [-0.4, -0.2) is 11.7 Å². The monoisotopic (exact) mass is 344 g/mol. The molecule has 2 rings (SSSR count). The van der Waals surface area contributed by atoms with Crippen LogP contribution in [0.3, 0.4) is 0 Å². The van der Waals surface area contributed by atoms with Crippen LogP contribution in [0.2, 0.25) is 0 Å². The van der Waals surface area contributed by atoms with Gasteiger partial charge in [-0.25, -0.2) is 0 Å². The lowest BCUT2D eigenvalue weighted by atomic mass is 9.87. The zero-order chi connectivity index (χ0) is 16.9. The highest BCUT2D eigenvalue weighted by Gasteiger charge is 2.13. The Morgan fingerprint density at radius 3 is 2.57 bits per heavy atom. The van der Waals surface area contributed by atoms with E-state index in [1.165, 1.54) is 21.8 Å². The molecule has 3 nitrogen and oxygen atoms in total. The van der Waals surface area contributed by atoms with E-state index in [9.17, 15) is 4.79 Å². The quantitative estimate of drug-likeness (QED) is 0.773. The molecule has 0 bridgehead atoms. The first-order valence-electron chi connectivity index (χ1n) is 7.41. The zero-order valence-electron chi connectivity index (χ0n) is 13.6. The van der Waals surface area contributed by atoms with Crippen molar-refractivity contribution < 1.29 is 4.79 Å². The molecule has 0 saturated carbocycles. The van der Waals surface area contributed by atoms with E-state index in [-0.39, 0.29) is 11.3 Å². The predicted molar refractivity (Wildman–Crippen MR) is 98.1 cm³/mol. The summed E-state index contributed by atoms with van der Waals surface area (Å²) in [6, 6.07) is 12.3. The molecule has 0 spiro atoms. The third-order valence-electron chi connectivity index (χ3n) is 3.36. The summed E-state index contributed by atoms with van der Waals surface area (Å²) in [5.41, 5.74) is 1.98. The van der Waals surface area contributed by atoms with E-state index in [2.05, 4.69) is 56.4 Å². The molecule has 2 aromatic rings. The molecule has 1 heterocycles. The number of rotatable bonds is 5. The normalized spacial score (nSPS) is 11.0. The van der Waals surface area contributed by atoms with Crippen LogP contribution in [0.4, 0.5) is 5.00 Å². The summed E-state index contributed by atoms with van der Waals surface area (Å²) < 4.78 is 0. The summed E-state index contributed by atoms with van der Waals surface area (Å²) in [5.74, 6) is 0.663. The molecule has 0 atom stereocenters. The van der Waals surface area contributed by atoms with Crippen LogP contribution in [0.1, 0.15) is 38.3 Å². The van der Waals surface area contributed by atoms with Gasteiger partial charge in [0, 0.05) is 17.1 Å². The first-order valence-corrected chi connectivity index (χ1v) is 9.27. The van der Waals surface area contributed by atoms with Gasteiger partial charge in [-0.05, 0) is 34.6 Å². The van der Waals surface area contributed by atoms with Crippen LogP contribution in [-0.2, 0) is 10.2 Å². The fourth-order valence-electron chi connectivity index (χ4n) is 2.00. The first-order chi connectivity index (χ1) is 10.9. The molecule has 5 heteroatoms. The fourth-order valence-corrected chi connectivity index (χ4v) is 3.60. The number of benzene rings is 1. The standard InChI is InChI=1S/C18H20N2OS2/c1-18(2,3)14-4-6-15(7-5-14)22-11-9-16(21)20-17-13(12-19)8-10-23-17/h4-8,10H,9,11H2,1-3H3,(H,20,21). The van der Waals surface area contributed by atoms with E-state index >= 15 is 0 Å². The van der Waals surface area contributed by atoms with E-state index < -0.39 is 0 Å². The second kappa shape index (κ2) is 7.67.